The molecule has 0 spiro atoms. The van der Waals surface area contributed by atoms with Gasteiger partial charge >= 0.3 is 0 Å². The molecular formula is C22H30N4O5. The number of methoxy groups -OCH3 is 3. The maximum Gasteiger partial charge on any atom is 0.255 e. The second-order valence-corrected chi connectivity index (χ2v) is 7.71. The van der Waals surface area contributed by atoms with Gasteiger partial charge in [0.1, 0.15) is 5.75 Å². The van der Waals surface area contributed by atoms with Gasteiger partial charge in [-0.2, -0.15) is 0 Å². The van der Waals surface area contributed by atoms with Gasteiger partial charge in [0, 0.05) is 56.3 Å². The third kappa shape index (κ3) is 4.62. The van der Waals surface area contributed by atoms with E-state index < -0.39 is 0 Å². The summed E-state index contributed by atoms with van der Waals surface area (Å²) in [5, 5.41) is 0. The Morgan fingerprint density at radius 3 is 2.35 bits per heavy atom. The van der Waals surface area contributed by atoms with Gasteiger partial charge < -0.3 is 23.8 Å². The molecule has 3 heterocycles. The van der Waals surface area contributed by atoms with E-state index in [9.17, 15) is 4.79 Å². The second kappa shape index (κ2) is 9.57. The molecule has 0 bridgehead atoms. The minimum atomic E-state index is -0.0305. The van der Waals surface area contributed by atoms with Crippen LogP contribution in [0.2, 0.25) is 0 Å². The van der Waals surface area contributed by atoms with Crippen molar-refractivity contribution < 1.29 is 18.9 Å². The first kappa shape index (κ1) is 21.5. The summed E-state index contributed by atoms with van der Waals surface area (Å²) in [6.45, 7) is 5.06. The fraction of sp³-hybridized carbons (Fsp3) is 0.545. The lowest BCUT2D eigenvalue weighted by molar-refractivity contribution is 0.122. The van der Waals surface area contributed by atoms with Gasteiger partial charge in [-0.3, -0.25) is 14.7 Å². The van der Waals surface area contributed by atoms with Crippen molar-refractivity contribution >= 4 is 5.95 Å². The van der Waals surface area contributed by atoms with E-state index in [1.54, 1.807) is 21.3 Å². The largest absolute Gasteiger partial charge is 0.496 e. The number of morpholine rings is 1. The van der Waals surface area contributed by atoms with Gasteiger partial charge in [0.2, 0.25) is 5.95 Å². The van der Waals surface area contributed by atoms with Crippen molar-refractivity contribution in [2.75, 3.05) is 65.6 Å². The van der Waals surface area contributed by atoms with E-state index >= 15 is 0 Å². The summed E-state index contributed by atoms with van der Waals surface area (Å²) in [4.78, 5) is 25.0. The number of rotatable bonds is 6. The molecule has 2 aliphatic rings. The summed E-state index contributed by atoms with van der Waals surface area (Å²) in [6.07, 6.45) is 1.39. The van der Waals surface area contributed by atoms with Crippen molar-refractivity contribution in [3.63, 3.8) is 0 Å². The predicted octanol–water partition coefficient (Wildman–Crippen LogP) is 1.23. The smallest absolute Gasteiger partial charge is 0.255 e. The fourth-order valence-corrected chi connectivity index (χ4v) is 4.18. The molecule has 31 heavy (non-hydrogen) atoms. The Morgan fingerprint density at radius 1 is 0.968 bits per heavy atom. The Morgan fingerprint density at radius 2 is 1.65 bits per heavy atom. The van der Waals surface area contributed by atoms with Gasteiger partial charge in [0.15, 0.2) is 11.5 Å². The first-order valence-electron chi connectivity index (χ1n) is 10.6. The average Bonchev–Trinajstić information content (AvgIpc) is 3.02. The van der Waals surface area contributed by atoms with E-state index in [4.69, 9.17) is 23.9 Å². The molecule has 1 aromatic heterocycles. The van der Waals surface area contributed by atoms with Crippen LogP contribution in [0.5, 0.6) is 17.2 Å². The standard InChI is InChI=1S/C22H30N4O5/c1-28-18-13-20(30-3)19(29-2)12-15(18)14-25-6-4-16-17(5-7-25)23-22(24-21(16)27)26-8-10-31-11-9-26/h12-13H,4-11,14H2,1-3H3,(H,23,24,27). The molecule has 4 rings (SSSR count). The lowest BCUT2D eigenvalue weighted by atomic mass is 10.1. The van der Waals surface area contributed by atoms with Crippen LogP contribution in [-0.4, -0.2) is 75.6 Å². The number of nitrogens with one attached hydrogen (secondary N) is 1. The number of H-pyrrole nitrogens is 1. The highest BCUT2D eigenvalue weighted by Crippen LogP contribution is 2.35. The topological polar surface area (TPSA) is 89.2 Å². The first-order valence-corrected chi connectivity index (χ1v) is 10.6. The van der Waals surface area contributed by atoms with E-state index in [0.717, 1.165) is 55.2 Å². The van der Waals surface area contributed by atoms with E-state index in [2.05, 4.69) is 14.8 Å². The van der Waals surface area contributed by atoms with Gasteiger partial charge in [-0.1, -0.05) is 0 Å². The van der Waals surface area contributed by atoms with Gasteiger partial charge in [-0.05, 0) is 12.5 Å². The van der Waals surface area contributed by atoms with Gasteiger partial charge in [0.05, 0.1) is 40.2 Å². The van der Waals surface area contributed by atoms with Crippen LogP contribution in [0.25, 0.3) is 0 Å². The maximum atomic E-state index is 12.8. The van der Waals surface area contributed by atoms with Crippen molar-refractivity contribution in [2.45, 2.75) is 19.4 Å². The monoisotopic (exact) mass is 430 g/mol. The molecule has 0 unspecified atom stereocenters. The first-order chi connectivity index (χ1) is 15.1. The van der Waals surface area contributed by atoms with Gasteiger partial charge in [0.25, 0.3) is 5.56 Å². The summed E-state index contributed by atoms with van der Waals surface area (Å²) in [5.74, 6) is 2.72. The third-order valence-corrected chi connectivity index (χ3v) is 5.92. The molecule has 1 fully saturated rings. The number of aromatic nitrogens is 2. The Kier molecular flexibility index (Phi) is 6.62. The lowest BCUT2D eigenvalue weighted by Gasteiger charge is -2.27. The highest BCUT2D eigenvalue weighted by molar-refractivity contribution is 5.50. The van der Waals surface area contributed by atoms with E-state index in [0.29, 0.717) is 43.6 Å². The van der Waals surface area contributed by atoms with Crippen LogP contribution in [0.3, 0.4) is 0 Å². The SMILES string of the molecule is COc1cc(OC)c(OC)cc1CN1CCc2nc(N3CCOCC3)[nH]c(=O)c2CC1. The number of fused-ring (bicyclic) bond motifs is 1. The van der Waals surface area contributed by atoms with Crippen LogP contribution in [0.15, 0.2) is 16.9 Å². The Balaban J connectivity index is 1.52. The van der Waals surface area contributed by atoms with Crippen LogP contribution < -0.4 is 24.7 Å². The molecule has 168 valence electrons. The van der Waals surface area contributed by atoms with Gasteiger partial charge in [-0.25, -0.2) is 4.98 Å². The summed E-state index contributed by atoms with van der Waals surface area (Å²) < 4.78 is 21.8. The minimum absolute atomic E-state index is 0.0305. The molecular weight excluding hydrogens is 400 g/mol. The number of aromatic amines is 1. The minimum Gasteiger partial charge on any atom is -0.496 e. The number of benzene rings is 1. The zero-order valence-corrected chi connectivity index (χ0v) is 18.4. The van der Waals surface area contributed by atoms with Gasteiger partial charge in [-0.15, -0.1) is 0 Å². The van der Waals surface area contributed by atoms with Crippen molar-refractivity contribution in [2.24, 2.45) is 0 Å². The summed E-state index contributed by atoms with van der Waals surface area (Å²) in [5.41, 5.74) is 2.67. The zero-order chi connectivity index (χ0) is 21.8. The predicted molar refractivity (Wildman–Crippen MR) is 117 cm³/mol. The Bertz CT molecular complexity index is 971. The van der Waals surface area contributed by atoms with Crippen LogP contribution in [0.4, 0.5) is 5.95 Å². The quantitative estimate of drug-likeness (QED) is 0.732. The Labute approximate surface area is 181 Å². The molecule has 1 saturated heterocycles. The van der Waals surface area contributed by atoms with E-state index in [1.165, 1.54) is 0 Å². The average molecular weight is 431 g/mol. The van der Waals surface area contributed by atoms with Crippen LogP contribution in [-0.2, 0) is 24.1 Å². The normalized spacial score (nSPS) is 17.1. The van der Waals surface area contributed by atoms with E-state index in [-0.39, 0.29) is 5.56 Å². The molecule has 2 aliphatic heterocycles. The van der Waals surface area contributed by atoms with E-state index in [1.807, 2.05) is 12.1 Å². The molecule has 9 heteroatoms. The molecule has 9 nitrogen and oxygen atoms in total. The molecule has 0 aliphatic carbocycles. The number of anilines is 1. The van der Waals surface area contributed by atoms with Crippen LogP contribution in [0, 0.1) is 0 Å². The molecule has 0 saturated carbocycles. The fourth-order valence-electron chi connectivity index (χ4n) is 4.18. The van der Waals surface area contributed by atoms with Crippen LogP contribution >= 0.6 is 0 Å². The lowest BCUT2D eigenvalue weighted by Crippen LogP contribution is -2.38. The highest BCUT2D eigenvalue weighted by atomic mass is 16.5. The van der Waals surface area contributed by atoms with Crippen molar-refractivity contribution in [1.29, 1.82) is 0 Å². The number of ether oxygens (including phenoxy) is 4. The van der Waals surface area contributed by atoms with Crippen molar-refractivity contribution in [1.82, 2.24) is 14.9 Å². The van der Waals surface area contributed by atoms with Crippen molar-refractivity contribution in [3.8, 4) is 17.2 Å². The summed E-state index contributed by atoms with van der Waals surface area (Å²) in [7, 11) is 4.89. The number of nitrogens with zero attached hydrogens (tertiary/aromatic N) is 3. The molecule has 1 N–H and O–H groups in total. The molecule has 0 radical (unpaired) electrons. The van der Waals surface area contributed by atoms with Crippen molar-refractivity contribution in [3.05, 3.63) is 39.3 Å². The number of hydrogen-bond acceptors (Lipinski definition) is 8. The number of hydrogen-bond donors (Lipinski definition) is 1. The maximum absolute atomic E-state index is 12.8. The third-order valence-electron chi connectivity index (χ3n) is 5.92. The summed E-state index contributed by atoms with van der Waals surface area (Å²) >= 11 is 0. The highest BCUT2D eigenvalue weighted by Gasteiger charge is 2.22. The molecule has 0 amide bonds. The van der Waals surface area contributed by atoms with Crippen LogP contribution in [0.1, 0.15) is 16.8 Å². The molecule has 0 atom stereocenters. The second-order valence-electron chi connectivity index (χ2n) is 7.71. The molecule has 1 aromatic carbocycles. The molecule has 2 aromatic rings. The Hall–Kier alpha value is -2.78. The summed E-state index contributed by atoms with van der Waals surface area (Å²) in [6, 6.07) is 3.80. The zero-order valence-electron chi connectivity index (χ0n) is 18.4.